The Hall–Kier alpha value is -2.43. The van der Waals surface area contributed by atoms with Crippen molar-refractivity contribution in [2.24, 2.45) is 0 Å². The second-order valence-corrected chi connectivity index (χ2v) is 4.59. The molecule has 0 radical (unpaired) electrons. The number of rotatable bonds is 7. The van der Waals surface area contributed by atoms with Crippen molar-refractivity contribution in [1.29, 1.82) is 0 Å². The van der Waals surface area contributed by atoms with Gasteiger partial charge in [0, 0.05) is 0 Å². The molecule has 0 aliphatic heterocycles. The minimum Gasteiger partial charge on any atom is -0.493 e. The van der Waals surface area contributed by atoms with Crippen LogP contribution in [-0.4, -0.2) is 18.2 Å². The second kappa shape index (κ2) is 6.83. The number of aromatic carboxylic acids is 1. The Bertz CT molecular complexity index is 615. The topological polar surface area (TPSA) is 68.9 Å². The van der Waals surface area contributed by atoms with Crippen LogP contribution in [0.2, 0.25) is 0 Å². The van der Waals surface area contributed by atoms with E-state index in [1.54, 1.807) is 13.2 Å². The molecular formula is C16H18O5. The van der Waals surface area contributed by atoms with Crippen molar-refractivity contribution in [3.05, 3.63) is 47.4 Å². The molecule has 1 aromatic carbocycles. The zero-order valence-corrected chi connectivity index (χ0v) is 12.1. The van der Waals surface area contributed by atoms with Crippen molar-refractivity contribution < 1.29 is 23.8 Å². The van der Waals surface area contributed by atoms with Crippen LogP contribution in [0.5, 0.6) is 11.5 Å². The molecule has 5 nitrogen and oxygen atoms in total. The van der Waals surface area contributed by atoms with E-state index in [-0.39, 0.29) is 12.4 Å². The molecule has 21 heavy (non-hydrogen) atoms. The SMILES string of the molecule is CCCc1ccc(OC)c(OCc2ccc(C(=O)O)o2)c1. The molecule has 0 bridgehead atoms. The van der Waals surface area contributed by atoms with Crippen molar-refractivity contribution in [2.45, 2.75) is 26.4 Å². The molecule has 112 valence electrons. The Morgan fingerprint density at radius 3 is 2.67 bits per heavy atom. The third-order valence-corrected chi connectivity index (χ3v) is 3.01. The Balaban J connectivity index is 2.10. The van der Waals surface area contributed by atoms with Gasteiger partial charge in [0.05, 0.1) is 7.11 Å². The highest BCUT2D eigenvalue weighted by atomic mass is 16.5. The summed E-state index contributed by atoms with van der Waals surface area (Å²) in [4.78, 5) is 10.8. The summed E-state index contributed by atoms with van der Waals surface area (Å²) < 4.78 is 16.1. The summed E-state index contributed by atoms with van der Waals surface area (Å²) in [6, 6.07) is 8.80. The number of carbonyl (C=O) groups is 1. The summed E-state index contributed by atoms with van der Waals surface area (Å²) in [5.41, 5.74) is 1.17. The highest BCUT2D eigenvalue weighted by Crippen LogP contribution is 2.29. The monoisotopic (exact) mass is 290 g/mol. The standard InChI is InChI=1S/C16H18O5/c1-3-4-11-5-7-13(19-2)15(9-11)20-10-12-6-8-14(21-12)16(17)18/h5-9H,3-4,10H2,1-2H3,(H,17,18). The van der Waals surface area contributed by atoms with Gasteiger partial charge in [0.25, 0.3) is 0 Å². The largest absolute Gasteiger partial charge is 0.493 e. The van der Waals surface area contributed by atoms with E-state index in [9.17, 15) is 4.79 Å². The van der Waals surface area contributed by atoms with Gasteiger partial charge in [-0.3, -0.25) is 0 Å². The lowest BCUT2D eigenvalue weighted by atomic mass is 10.1. The van der Waals surface area contributed by atoms with Gasteiger partial charge in [0.1, 0.15) is 12.4 Å². The summed E-state index contributed by atoms with van der Waals surface area (Å²) in [6.45, 7) is 2.26. The molecular weight excluding hydrogens is 272 g/mol. The molecule has 1 N–H and O–H groups in total. The van der Waals surface area contributed by atoms with E-state index >= 15 is 0 Å². The van der Waals surface area contributed by atoms with Crippen LogP contribution in [0.1, 0.15) is 35.2 Å². The summed E-state index contributed by atoms with van der Waals surface area (Å²) in [5, 5.41) is 8.81. The van der Waals surface area contributed by atoms with E-state index in [0.717, 1.165) is 12.8 Å². The van der Waals surface area contributed by atoms with Crippen molar-refractivity contribution >= 4 is 5.97 Å². The van der Waals surface area contributed by atoms with E-state index in [0.29, 0.717) is 17.3 Å². The second-order valence-electron chi connectivity index (χ2n) is 4.59. The molecule has 5 heteroatoms. The average molecular weight is 290 g/mol. The first kappa shape index (κ1) is 15.0. The lowest BCUT2D eigenvalue weighted by Crippen LogP contribution is -1.98. The van der Waals surface area contributed by atoms with Crippen LogP contribution in [0.15, 0.2) is 34.7 Å². The number of carboxylic acid groups (broad SMARTS) is 1. The lowest BCUT2D eigenvalue weighted by molar-refractivity contribution is 0.0658. The molecule has 1 heterocycles. The van der Waals surface area contributed by atoms with Crippen molar-refractivity contribution in [3.8, 4) is 11.5 Å². The summed E-state index contributed by atoms with van der Waals surface area (Å²) >= 11 is 0. The molecule has 0 unspecified atom stereocenters. The van der Waals surface area contributed by atoms with Gasteiger partial charge in [0.2, 0.25) is 5.76 Å². The number of furan rings is 1. The summed E-state index contributed by atoms with van der Waals surface area (Å²) in [6.07, 6.45) is 2.01. The number of hydrogen-bond acceptors (Lipinski definition) is 4. The van der Waals surface area contributed by atoms with Crippen molar-refractivity contribution in [1.82, 2.24) is 0 Å². The molecule has 0 saturated heterocycles. The highest BCUT2D eigenvalue weighted by molar-refractivity contribution is 5.84. The number of hydrogen-bond donors (Lipinski definition) is 1. The van der Waals surface area contributed by atoms with Gasteiger partial charge in [-0.15, -0.1) is 0 Å². The predicted molar refractivity (Wildman–Crippen MR) is 77.0 cm³/mol. The summed E-state index contributed by atoms with van der Waals surface area (Å²) in [5.74, 6) is 0.524. The van der Waals surface area contributed by atoms with Crippen LogP contribution in [0.25, 0.3) is 0 Å². The Kier molecular flexibility index (Phi) is 4.87. The van der Waals surface area contributed by atoms with E-state index in [1.807, 2.05) is 18.2 Å². The molecule has 0 saturated carbocycles. The van der Waals surface area contributed by atoms with Crippen molar-refractivity contribution in [3.63, 3.8) is 0 Å². The van der Waals surface area contributed by atoms with E-state index in [2.05, 4.69) is 6.92 Å². The zero-order valence-electron chi connectivity index (χ0n) is 12.1. The minimum absolute atomic E-state index is 0.0969. The van der Waals surface area contributed by atoms with E-state index in [1.165, 1.54) is 11.6 Å². The predicted octanol–water partition coefficient (Wildman–Crippen LogP) is 3.52. The van der Waals surface area contributed by atoms with Crippen LogP contribution in [-0.2, 0) is 13.0 Å². The van der Waals surface area contributed by atoms with Gasteiger partial charge in [-0.2, -0.15) is 0 Å². The third kappa shape index (κ3) is 3.78. The quantitative estimate of drug-likeness (QED) is 0.845. The number of carboxylic acids is 1. The molecule has 0 amide bonds. The number of methoxy groups -OCH3 is 1. The third-order valence-electron chi connectivity index (χ3n) is 3.01. The first-order valence-electron chi connectivity index (χ1n) is 6.75. The van der Waals surface area contributed by atoms with Crippen molar-refractivity contribution in [2.75, 3.05) is 7.11 Å². The molecule has 0 aliphatic carbocycles. The molecule has 0 spiro atoms. The van der Waals surface area contributed by atoms with Gasteiger partial charge >= 0.3 is 5.97 Å². The lowest BCUT2D eigenvalue weighted by Gasteiger charge is -2.11. The van der Waals surface area contributed by atoms with E-state index < -0.39 is 5.97 Å². The first-order chi connectivity index (χ1) is 10.1. The number of benzene rings is 1. The van der Waals surface area contributed by atoms with Crippen LogP contribution < -0.4 is 9.47 Å². The van der Waals surface area contributed by atoms with Gasteiger partial charge in [0.15, 0.2) is 11.5 Å². The maximum absolute atomic E-state index is 10.8. The van der Waals surface area contributed by atoms with Gasteiger partial charge < -0.3 is 19.0 Å². The molecule has 0 atom stereocenters. The Morgan fingerprint density at radius 2 is 2.05 bits per heavy atom. The Labute approximate surface area is 123 Å². The Morgan fingerprint density at radius 1 is 1.24 bits per heavy atom. The summed E-state index contributed by atoms with van der Waals surface area (Å²) in [7, 11) is 1.58. The van der Waals surface area contributed by atoms with Crippen LogP contribution in [0, 0.1) is 0 Å². The fourth-order valence-corrected chi connectivity index (χ4v) is 2.00. The molecule has 0 aliphatic rings. The zero-order chi connectivity index (χ0) is 15.2. The molecule has 1 aromatic heterocycles. The maximum atomic E-state index is 10.8. The van der Waals surface area contributed by atoms with Crippen LogP contribution in [0.4, 0.5) is 0 Å². The van der Waals surface area contributed by atoms with E-state index in [4.69, 9.17) is 19.0 Å². The minimum atomic E-state index is -1.09. The highest BCUT2D eigenvalue weighted by Gasteiger charge is 2.11. The smallest absolute Gasteiger partial charge is 0.371 e. The maximum Gasteiger partial charge on any atom is 0.371 e. The number of aryl methyl sites for hydroxylation is 1. The molecule has 2 aromatic rings. The first-order valence-corrected chi connectivity index (χ1v) is 6.75. The molecule has 2 rings (SSSR count). The fourth-order valence-electron chi connectivity index (χ4n) is 2.00. The normalized spacial score (nSPS) is 10.4. The van der Waals surface area contributed by atoms with Gasteiger partial charge in [-0.1, -0.05) is 19.4 Å². The van der Waals surface area contributed by atoms with Crippen LogP contribution >= 0.6 is 0 Å². The number of ether oxygens (including phenoxy) is 2. The average Bonchev–Trinajstić information content (AvgIpc) is 2.95. The van der Waals surface area contributed by atoms with Gasteiger partial charge in [-0.25, -0.2) is 4.79 Å². The van der Waals surface area contributed by atoms with Gasteiger partial charge in [-0.05, 0) is 36.2 Å². The molecule has 0 fully saturated rings. The van der Waals surface area contributed by atoms with Crippen LogP contribution in [0.3, 0.4) is 0 Å². The fraction of sp³-hybridized carbons (Fsp3) is 0.312.